The molecule has 0 aliphatic heterocycles. The Morgan fingerprint density at radius 2 is 2.00 bits per heavy atom. The third kappa shape index (κ3) is 4.52. The van der Waals surface area contributed by atoms with E-state index in [1.54, 1.807) is 0 Å². The Balaban J connectivity index is 2.26. The summed E-state index contributed by atoms with van der Waals surface area (Å²) in [6, 6.07) is 6.55. The number of unbranched alkanes of at least 4 members (excludes halogenated alkanes) is 3. The van der Waals surface area contributed by atoms with Crippen LogP contribution in [0.4, 0.5) is 5.69 Å². The first-order valence-electron chi connectivity index (χ1n) is 6.16. The van der Waals surface area contributed by atoms with Gasteiger partial charge in [-0.05, 0) is 50.3 Å². The van der Waals surface area contributed by atoms with E-state index in [0.29, 0.717) is 0 Å². The summed E-state index contributed by atoms with van der Waals surface area (Å²) in [5, 5.41) is 3.50. The lowest BCUT2D eigenvalue weighted by Gasteiger charge is -2.10. The van der Waals surface area contributed by atoms with Crippen molar-refractivity contribution < 1.29 is 0 Å². The van der Waals surface area contributed by atoms with Crippen molar-refractivity contribution in [3.8, 4) is 0 Å². The molecule has 1 N–H and O–H groups in total. The van der Waals surface area contributed by atoms with Crippen LogP contribution < -0.4 is 5.32 Å². The van der Waals surface area contributed by atoms with Gasteiger partial charge in [0.05, 0.1) is 0 Å². The molecule has 1 aromatic rings. The lowest BCUT2D eigenvalue weighted by molar-refractivity contribution is 0.708. The molecule has 0 aromatic heterocycles. The molecular formula is C15H23N. The van der Waals surface area contributed by atoms with E-state index in [2.05, 4.69) is 43.9 Å². The van der Waals surface area contributed by atoms with Crippen molar-refractivity contribution in [2.45, 2.75) is 39.5 Å². The minimum Gasteiger partial charge on any atom is -0.385 e. The molecule has 0 saturated heterocycles. The van der Waals surface area contributed by atoms with Gasteiger partial charge >= 0.3 is 0 Å². The van der Waals surface area contributed by atoms with Crippen LogP contribution in [0.2, 0.25) is 0 Å². The smallest absolute Gasteiger partial charge is 0.0372 e. The first-order valence-corrected chi connectivity index (χ1v) is 6.16. The Morgan fingerprint density at radius 3 is 2.75 bits per heavy atom. The molecule has 0 aliphatic rings. The van der Waals surface area contributed by atoms with E-state index in [1.807, 2.05) is 6.08 Å². The summed E-state index contributed by atoms with van der Waals surface area (Å²) in [6.07, 6.45) is 6.92. The molecule has 0 fully saturated rings. The number of hydrogen-bond donors (Lipinski definition) is 1. The standard InChI is InChI=1S/C15H23N/c1-4-5-6-7-8-11-16-15-12-13(2)9-10-14(15)3/h4,9-10,12,16H,1,5-8,11H2,2-3H3. The second-order valence-corrected chi connectivity index (χ2v) is 4.38. The third-order valence-corrected chi connectivity index (χ3v) is 2.79. The fourth-order valence-corrected chi connectivity index (χ4v) is 1.74. The highest BCUT2D eigenvalue weighted by molar-refractivity contribution is 5.52. The van der Waals surface area contributed by atoms with Crippen molar-refractivity contribution >= 4 is 5.69 Å². The molecule has 0 amide bonds. The first-order chi connectivity index (χ1) is 7.74. The van der Waals surface area contributed by atoms with Crippen LogP contribution in [0.15, 0.2) is 30.9 Å². The molecule has 1 rings (SSSR count). The summed E-state index contributed by atoms with van der Waals surface area (Å²) in [4.78, 5) is 0. The van der Waals surface area contributed by atoms with Crippen LogP contribution >= 0.6 is 0 Å². The van der Waals surface area contributed by atoms with Gasteiger partial charge in [-0.3, -0.25) is 0 Å². The average Bonchev–Trinajstić information content (AvgIpc) is 2.28. The molecule has 1 aromatic carbocycles. The van der Waals surface area contributed by atoms with Gasteiger partial charge in [-0.1, -0.05) is 24.6 Å². The van der Waals surface area contributed by atoms with Gasteiger partial charge < -0.3 is 5.32 Å². The Morgan fingerprint density at radius 1 is 1.19 bits per heavy atom. The van der Waals surface area contributed by atoms with Crippen molar-refractivity contribution in [1.29, 1.82) is 0 Å². The second kappa shape index (κ2) is 7.10. The second-order valence-electron chi connectivity index (χ2n) is 4.38. The number of rotatable bonds is 7. The zero-order valence-electron chi connectivity index (χ0n) is 10.6. The Labute approximate surface area is 99.6 Å². The van der Waals surface area contributed by atoms with Crippen molar-refractivity contribution in [2.24, 2.45) is 0 Å². The minimum atomic E-state index is 1.07. The Kier molecular flexibility index (Phi) is 5.69. The van der Waals surface area contributed by atoms with Crippen LogP contribution in [0, 0.1) is 13.8 Å². The predicted octanol–water partition coefficient (Wildman–Crippen LogP) is 4.46. The van der Waals surface area contributed by atoms with Gasteiger partial charge in [-0.25, -0.2) is 0 Å². The molecule has 1 heteroatoms. The number of anilines is 1. The van der Waals surface area contributed by atoms with E-state index >= 15 is 0 Å². The summed E-state index contributed by atoms with van der Waals surface area (Å²) >= 11 is 0. The summed E-state index contributed by atoms with van der Waals surface area (Å²) in [6.45, 7) is 9.09. The highest BCUT2D eigenvalue weighted by atomic mass is 14.9. The Hall–Kier alpha value is -1.24. The van der Waals surface area contributed by atoms with Crippen molar-refractivity contribution in [2.75, 3.05) is 11.9 Å². The predicted molar refractivity (Wildman–Crippen MR) is 73.1 cm³/mol. The fraction of sp³-hybridized carbons (Fsp3) is 0.467. The van der Waals surface area contributed by atoms with Gasteiger partial charge in [-0.2, -0.15) is 0 Å². The van der Waals surface area contributed by atoms with Crippen molar-refractivity contribution in [3.63, 3.8) is 0 Å². The van der Waals surface area contributed by atoms with E-state index < -0.39 is 0 Å². The molecule has 0 atom stereocenters. The fourth-order valence-electron chi connectivity index (χ4n) is 1.74. The van der Waals surface area contributed by atoms with Gasteiger partial charge in [-0.15, -0.1) is 6.58 Å². The van der Waals surface area contributed by atoms with Crippen LogP contribution in [0.3, 0.4) is 0 Å². The Bertz CT molecular complexity index is 328. The maximum Gasteiger partial charge on any atom is 0.0372 e. The number of benzene rings is 1. The molecule has 88 valence electrons. The molecule has 0 bridgehead atoms. The van der Waals surface area contributed by atoms with Gasteiger partial charge in [0.1, 0.15) is 0 Å². The summed E-state index contributed by atoms with van der Waals surface area (Å²) in [5.41, 5.74) is 3.93. The lowest BCUT2D eigenvalue weighted by atomic mass is 10.1. The zero-order chi connectivity index (χ0) is 11.8. The molecule has 0 unspecified atom stereocenters. The van der Waals surface area contributed by atoms with E-state index in [-0.39, 0.29) is 0 Å². The molecular weight excluding hydrogens is 194 g/mol. The molecule has 1 nitrogen and oxygen atoms in total. The monoisotopic (exact) mass is 217 g/mol. The molecule has 0 heterocycles. The average molecular weight is 217 g/mol. The van der Waals surface area contributed by atoms with Gasteiger partial charge in [0, 0.05) is 12.2 Å². The number of nitrogens with one attached hydrogen (secondary N) is 1. The van der Waals surface area contributed by atoms with Gasteiger partial charge in [0.2, 0.25) is 0 Å². The van der Waals surface area contributed by atoms with Crippen molar-refractivity contribution in [3.05, 3.63) is 42.0 Å². The maximum absolute atomic E-state index is 3.73. The third-order valence-electron chi connectivity index (χ3n) is 2.79. The topological polar surface area (TPSA) is 12.0 Å². The zero-order valence-corrected chi connectivity index (χ0v) is 10.6. The summed E-state index contributed by atoms with van der Waals surface area (Å²) < 4.78 is 0. The molecule has 0 radical (unpaired) electrons. The lowest BCUT2D eigenvalue weighted by Crippen LogP contribution is -2.03. The van der Waals surface area contributed by atoms with Crippen LogP contribution in [-0.2, 0) is 0 Å². The number of hydrogen-bond acceptors (Lipinski definition) is 1. The van der Waals surface area contributed by atoms with Crippen LogP contribution in [0.5, 0.6) is 0 Å². The highest BCUT2D eigenvalue weighted by Crippen LogP contribution is 2.16. The molecule has 0 saturated carbocycles. The first kappa shape index (κ1) is 12.8. The quantitative estimate of drug-likeness (QED) is 0.525. The summed E-state index contributed by atoms with van der Waals surface area (Å²) in [5.74, 6) is 0. The maximum atomic E-state index is 3.73. The van der Waals surface area contributed by atoms with E-state index in [0.717, 1.165) is 13.0 Å². The normalized spacial score (nSPS) is 10.1. The van der Waals surface area contributed by atoms with Crippen LogP contribution in [-0.4, -0.2) is 6.54 Å². The van der Waals surface area contributed by atoms with Gasteiger partial charge in [0.25, 0.3) is 0 Å². The molecule has 16 heavy (non-hydrogen) atoms. The number of aryl methyl sites for hydroxylation is 2. The molecule has 0 aliphatic carbocycles. The largest absolute Gasteiger partial charge is 0.385 e. The van der Waals surface area contributed by atoms with Crippen LogP contribution in [0.25, 0.3) is 0 Å². The van der Waals surface area contributed by atoms with Gasteiger partial charge in [0.15, 0.2) is 0 Å². The van der Waals surface area contributed by atoms with Crippen molar-refractivity contribution in [1.82, 2.24) is 0 Å². The van der Waals surface area contributed by atoms with E-state index in [1.165, 1.54) is 36.1 Å². The minimum absolute atomic E-state index is 1.07. The van der Waals surface area contributed by atoms with Crippen LogP contribution in [0.1, 0.15) is 36.8 Å². The highest BCUT2D eigenvalue weighted by Gasteiger charge is 1.97. The van der Waals surface area contributed by atoms with E-state index in [4.69, 9.17) is 0 Å². The number of allylic oxidation sites excluding steroid dienone is 1. The summed E-state index contributed by atoms with van der Waals surface area (Å²) in [7, 11) is 0. The van der Waals surface area contributed by atoms with E-state index in [9.17, 15) is 0 Å². The SMILES string of the molecule is C=CCCCCCNc1cc(C)ccc1C. The molecule has 0 spiro atoms.